The molecule has 1 aromatic rings. The van der Waals surface area contributed by atoms with E-state index in [-0.39, 0.29) is 16.8 Å². The summed E-state index contributed by atoms with van der Waals surface area (Å²) in [5, 5.41) is 14.8. The van der Waals surface area contributed by atoms with Crippen molar-refractivity contribution in [3.05, 3.63) is 29.1 Å². The highest BCUT2D eigenvalue weighted by Crippen LogP contribution is 2.15. The van der Waals surface area contributed by atoms with Crippen LogP contribution in [0.15, 0.2) is 22.5 Å². The van der Waals surface area contributed by atoms with E-state index >= 15 is 0 Å². The Morgan fingerprint density at radius 3 is 2.64 bits per heavy atom. The van der Waals surface area contributed by atoms with Crippen molar-refractivity contribution in [1.82, 2.24) is 4.98 Å². The molecule has 0 atom stereocenters. The van der Waals surface area contributed by atoms with Crippen molar-refractivity contribution in [1.29, 1.82) is 5.26 Å². The first-order valence-corrected chi connectivity index (χ1v) is 3.63. The van der Waals surface area contributed by atoms with Gasteiger partial charge in [-0.25, -0.2) is 4.98 Å². The van der Waals surface area contributed by atoms with Crippen LogP contribution in [0.1, 0.15) is 26.4 Å². The molecule has 0 radical (unpaired) electrons. The number of hydrogen-bond donors (Lipinski definition) is 0. The molecule has 6 heteroatoms. The van der Waals surface area contributed by atoms with Crippen LogP contribution in [0.5, 0.6) is 0 Å². The van der Waals surface area contributed by atoms with Gasteiger partial charge in [0.25, 0.3) is 5.91 Å². The van der Waals surface area contributed by atoms with E-state index in [4.69, 9.17) is 5.26 Å². The molecule has 2 rings (SSSR count). The van der Waals surface area contributed by atoms with Crippen molar-refractivity contribution in [2.24, 2.45) is 10.2 Å². The Labute approximate surface area is 77.9 Å². The van der Waals surface area contributed by atoms with E-state index in [0.29, 0.717) is 0 Å². The summed E-state index contributed by atoms with van der Waals surface area (Å²) in [6.07, 6.45) is 1.21. The lowest BCUT2D eigenvalue weighted by Crippen LogP contribution is -2.13. The van der Waals surface area contributed by atoms with Gasteiger partial charge >= 0.3 is 5.91 Å². The zero-order chi connectivity index (χ0) is 10.1. The summed E-state index contributed by atoms with van der Waals surface area (Å²) in [5.41, 5.74) is 0.190. The Balaban J connectivity index is 2.68. The second kappa shape index (κ2) is 2.81. The zero-order valence-corrected chi connectivity index (χ0v) is 6.76. The lowest BCUT2D eigenvalue weighted by molar-refractivity contribution is 0.0916. The summed E-state index contributed by atoms with van der Waals surface area (Å²) < 4.78 is 0. The highest BCUT2D eigenvalue weighted by molar-refractivity contribution is 6.09. The van der Waals surface area contributed by atoms with Gasteiger partial charge in [0.05, 0.1) is 11.1 Å². The lowest BCUT2D eigenvalue weighted by Gasteiger charge is -2.04. The smallest absolute Gasteiger partial charge is 0.265 e. The van der Waals surface area contributed by atoms with Crippen LogP contribution in [0.3, 0.4) is 0 Å². The molecule has 2 heterocycles. The van der Waals surface area contributed by atoms with Gasteiger partial charge in [-0.1, -0.05) is 0 Å². The predicted octanol–water partition coefficient (Wildman–Crippen LogP) is 0.699. The van der Waals surface area contributed by atoms with E-state index < -0.39 is 11.8 Å². The SMILES string of the molecule is N#Cc1cnc2c(c1)C(=O)N=NC2=O. The zero-order valence-electron chi connectivity index (χ0n) is 6.76. The largest absolute Gasteiger partial charge is 0.314 e. The number of azo groups is 1. The van der Waals surface area contributed by atoms with Crippen molar-refractivity contribution in [3.63, 3.8) is 0 Å². The summed E-state index contributed by atoms with van der Waals surface area (Å²) in [6, 6.07) is 3.09. The van der Waals surface area contributed by atoms with Crippen LogP contribution in [-0.4, -0.2) is 16.8 Å². The van der Waals surface area contributed by atoms with Crippen LogP contribution in [-0.2, 0) is 0 Å². The van der Waals surface area contributed by atoms with Crippen molar-refractivity contribution in [2.75, 3.05) is 0 Å². The molecule has 1 aliphatic heterocycles. The van der Waals surface area contributed by atoms with Crippen molar-refractivity contribution < 1.29 is 9.59 Å². The van der Waals surface area contributed by atoms with E-state index in [1.807, 2.05) is 6.07 Å². The minimum absolute atomic E-state index is 0.0315. The van der Waals surface area contributed by atoms with Gasteiger partial charge < -0.3 is 0 Å². The maximum Gasteiger partial charge on any atom is 0.314 e. The highest BCUT2D eigenvalue weighted by atomic mass is 16.2. The van der Waals surface area contributed by atoms with Gasteiger partial charge in [-0.3, -0.25) is 9.59 Å². The Morgan fingerprint density at radius 1 is 1.21 bits per heavy atom. The summed E-state index contributed by atoms with van der Waals surface area (Å²) in [4.78, 5) is 25.9. The summed E-state index contributed by atoms with van der Waals surface area (Å²) in [6.45, 7) is 0. The molecule has 0 spiro atoms. The number of carbonyl (C=O) groups is 2. The normalized spacial score (nSPS) is 13.6. The molecule has 0 aromatic carbocycles. The van der Waals surface area contributed by atoms with E-state index in [1.165, 1.54) is 12.3 Å². The maximum atomic E-state index is 11.1. The fraction of sp³-hybridized carbons (Fsp3) is 0. The minimum Gasteiger partial charge on any atom is -0.265 e. The first-order chi connectivity index (χ1) is 6.72. The first kappa shape index (κ1) is 8.19. The minimum atomic E-state index is -0.663. The van der Waals surface area contributed by atoms with Gasteiger partial charge in [0.15, 0.2) is 0 Å². The van der Waals surface area contributed by atoms with Gasteiger partial charge in [-0.05, 0) is 6.07 Å². The molecular weight excluding hydrogens is 184 g/mol. The Morgan fingerprint density at radius 2 is 1.93 bits per heavy atom. The molecule has 1 aromatic heterocycles. The Hall–Kier alpha value is -2.42. The van der Waals surface area contributed by atoms with Crippen molar-refractivity contribution in [3.8, 4) is 6.07 Å². The molecule has 0 saturated carbocycles. The molecule has 0 N–H and O–H groups in total. The number of aromatic nitrogens is 1. The third-order valence-corrected chi connectivity index (χ3v) is 1.68. The summed E-state index contributed by atoms with van der Waals surface area (Å²) >= 11 is 0. The number of fused-ring (bicyclic) bond motifs is 1. The quantitative estimate of drug-likeness (QED) is 0.595. The molecule has 2 amide bonds. The number of hydrogen-bond acceptors (Lipinski definition) is 4. The van der Waals surface area contributed by atoms with E-state index in [0.717, 1.165) is 0 Å². The molecule has 0 unspecified atom stereocenters. The van der Waals surface area contributed by atoms with E-state index in [1.54, 1.807) is 0 Å². The van der Waals surface area contributed by atoms with Crippen molar-refractivity contribution in [2.45, 2.75) is 0 Å². The standard InChI is InChI=1S/C8H2N4O2/c9-2-4-1-5-6(10-3-4)8(14)12-11-7(5)13/h1,3H. The average molecular weight is 186 g/mol. The third-order valence-electron chi connectivity index (χ3n) is 1.68. The van der Waals surface area contributed by atoms with Crippen molar-refractivity contribution >= 4 is 11.8 Å². The summed E-state index contributed by atoms with van der Waals surface area (Å²) in [5.74, 6) is -1.31. The fourth-order valence-corrected chi connectivity index (χ4v) is 1.05. The van der Waals surface area contributed by atoms with Gasteiger partial charge in [0.1, 0.15) is 11.8 Å². The monoisotopic (exact) mass is 186 g/mol. The van der Waals surface area contributed by atoms with Crippen LogP contribution >= 0.6 is 0 Å². The molecule has 0 fully saturated rings. The van der Waals surface area contributed by atoms with Gasteiger partial charge in [-0.2, -0.15) is 5.26 Å². The van der Waals surface area contributed by atoms with Crippen LogP contribution in [0.4, 0.5) is 0 Å². The highest BCUT2D eigenvalue weighted by Gasteiger charge is 2.23. The van der Waals surface area contributed by atoms with Gasteiger partial charge in [0.2, 0.25) is 0 Å². The third kappa shape index (κ3) is 1.08. The maximum absolute atomic E-state index is 11.1. The Kier molecular flexibility index (Phi) is 1.65. The fourth-order valence-electron chi connectivity index (χ4n) is 1.05. The summed E-state index contributed by atoms with van der Waals surface area (Å²) in [7, 11) is 0. The van der Waals surface area contributed by atoms with Crippen LogP contribution < -0.4 is 0 Å². The number of nitriles is 1. The number of nitrogens with zero attached hydrogens (tertiary/aromatic N) is 4. The first-order valence-electron chi connectivity index (χ1n) is 3.63. The number of amides is 2. The topological polar surface area (TPSA) is 95.5 Å². The average Bonchev–Trinajstić information content (AvgIpc) is 2.23. The molecule has 0 bridgehead atoms. The van der Waals surface area contributed by atoms with Gasteiger partial charge in [-0.15, -0.1) is 10.2 Å². The predicted molar refractivity (Wildman–Crippen MR) is 42.5 cm³/mol. The Bertz CT molecular complexity index is 513. The van der Waals surface area contributed by atoms with E-state index in [2.05, 4.69) is 15.2 Å². The number of rotatable bonds is 0. The molecule has 6 nitrogen and oxygen atoms in total. The number of pyridine rings is 1. The lowest BCUT2D eigenvalue weighted by atomic mass is 10.1. The van der Waals surface area contributed by atoms with Crippen LogP contribution in [0.25, 0.3) is 0 Å². The van der Waals surface area contributed by atoms with Gasteiger partial charge in [0, 0.05) is 6.20 Å². The molecule has 14 heavy (non-hydrogen) atoms. The molecule has 1 aliphatic rings. The van der Waals surface area contributed by atoms with Crippen LogP contribution in [0, 0.1) is 11.3 Å². The second-order valence-electron chi connectivity index (χ2n) is 2.54. The number of carbonyl (C=O) groups excluding carboxylic acids is 2. The molecule has 0 aliphatic carbocycles. The molecular formula is C8H2N4O2. The second-order valence-corrected chi connectivity index (χ2v) is 2.54. The van der Waals surface area contributed by atoms with E-state index in [9.17, 15) is 9.59 Å². The molecule has 66 valence electrons. The molecule has 0 saturated heterocycles. The van der Waals surface area contributed by atoms with Crippen LogP contribution in [0.2, 0.25) is 0 Å².